The van der Waals surface area contributed by atoms with Crippen molar-refractivity contribution in [3.63, 3.8) is 0 Å². The van der Waals surface area contributed by atoms with E-state index in [0.29, 0.717) is 11.8 Å². The highest BCUT2D eigenvalue weighted by molar-refractivity contribution is 5.01. The number of hydrogen-bond acceptors (Lipinski definition) is 2. The molecule has 0 radical (unpaired) electrons. The molecule has 1 rings (SSSR count). The summed E-state index contributed by atoms with van der Waals surface area (Å²) in [7, 11) is 0. The molecule has 0 aliphatic carbocycles. The molecule has 0 fully saturated rings. The molecule has 74 valence electrons. The van der Waals surface area contributed by atoms with Crippen molar-refractivity contribution in [2.24, 2.45) is 5.92 Å². The topological polar surface area (TPSA) is 46.0 Å². The van der Waals surface area contributed by atoms with E-state index >= 15 is 0 Å². The summed E-state index contributed by atoms with van der Waals surface area (Å²) in [6.45, 7) is 6.43. The highest BCUT2D eigenvalue weighted by Gasteiger charge is 2.17. The van der Waals surface area contributed by atoms with Crippen LogP contribution in [0, 0.1) is 5.92 Å². The van der Waals surface area contributed by atoms with Crippen molar-refractivity contribution in [1.82, 2.24) is 5.16 Å². The average molecular weight is 183 g/mol. The minimum absolute atomic E-state index is 0.148. The third-order valence-electron chi connectivity index (χ3n) is 2.59. The lowest BCUT2D eigenvalue weighted by Gasteiger charge is -2.15. The highest BCUT2D eigenvalue weighted by atomic mass is 16.5. The van der Waals surface area contributed by atoms with Crippen LogP contribution in [0.5, 0.6) is 0 Å². The van der Waals surface area contributed by atoms with Crippen molar-refractivity contribution < 1.29 is 4.52 Å². The number of rotatable bonds is 4. The summed E-state index contributed by atoms with van der Waals surface area (Å²) < 4.78 is 5.06. The second-order valence-electron chi connectivity index (χ2n) is 3.67. The van der Waals surface area contributed by atoms with Gasteiger partial charge >= 0.3 is 0 Å². The molecule has 1 aromatic rings. The summed E-state index contributed by atoms with van der Waals surface area (Å²) in [6.07, 6.45) is 2.33. The van der Waals surface area contributed by atoms with Crippen molar-refractivity contribution in [1.29, 1.82) is 0 Å². The van der Waals surface area contributed by atoms with Crippen molar-refractivity contribution in [2.45, 2.75) is 39.5 Å². The number of aromatic amines is 1. The zero-order valence-electron chi connectivity index (χ0n) is 8.46. The van der Waals surface area contributed by atoms with Crippen LogP contribution in [-0.2, 0) is 0 Å². The van der Waals surface area contributed by atoms with Gasteiger partial charge in [0.2, 0.25) is 0 Å². The summed E-state index contributed by atoms with van der Waals surface area (Å²) in [5.41, 5.74) is -0.148. The first-order valence-electron chi connectivity index (χ1n) is 4.83. The zero-order chi connectivity index (χ0) is 9.84. The molecule has 1 N–H and O–H groups in total. The van der Waals surface area contributed by atoms with Crippen molar-refractivity contribution in [2.75, 3.05) is 0 Å². The van der Waals surface area contributed by atoms with Crippen molar-refractivity contribution in [3.8, 4) is 0 Å². The third kappa shape index (κ3) is 2.47. The Hall–Kier alpha value is -0.990. The molecular formula is C10H17NO2. The summed E-state index contributed by atoms with van der Waals surface area (Å²) in [5.74, 6) is 1.65. The van der Waals surface area contributed by atoms with Gasteiger partial charge < -0.3 is 4.52 Å². The van der Waals surface area contributed by atoms with E-state index in [2.05, 4.69) is 25.9 Å². The van der Waals surface area contributed by atoms with E-state index in [9.17, 15) is 4.79 Å². The SMILES string of the molecule is CCCC(C)C(C)c1cc(=O)[nH]o1. The molecule has 0 saturated carbocycles. The largest absolute Gasteiger partial charge is 0.383 e. The van der Waals surface area contributed by atoms with Gasteiger partial charge in [-0.25, -0.2) is 0 Å². The van der Waals surface area contributed by atoms with Crippen molar-refractivity contribution in [3.05, 3.63) is 22.2 Å². The Kier molecular flexibility index (Phi) is 3.34. The number of hydrogen-bond donors (Lipinski definition) is 1. The number of aromatic nitrogens is 1. The molecule has 1 aromatic heterocycles. The fourth-order valence-electron chi connectivity index (χ4n) is 1.51. The van der Waals surface area contributed by atoms with Gasteiger partial charge in [-0.1, -0.05) is 33.6 Å². The van der Waals surface area contributed by atoms with Gasteiger partial charge in [-0.3, -0.25) is 4.79 Å². The summed E-state index contributed by atoms with van der Waals surface area (Å²) in [4.78, 5) is 10.8. The normalized spacial score (nSPS) is 15.6. The van der Waals surface area contributed by atoms with E-state index in [-0.39, 0.29) is 5.56 Å². The first-order valence-corrected chi connectivity index (χ1v) is 4.83. The molecule has 0 aliphatic rings. The second kappa shape index (κ2) is 4.30. The van der Waals surface area contributed by atoms with Gasteiger partial charge in [0.05, 0.1) is 0 Å². The lowest BCUT2D eigenvalue weighted by molar-refractivity contribution is 0.320. The Balaban J connectivity index is 2.67. The van der Waals surface area contributed by atoms with E-state index in [4.69, 9.17) is 4.52 Å². The van der Waals surface area contributed by atoms with E-state index in [1.54, 1.807) is 0 Å². The van der Waals surface area contributed by atoms with E-state index in [1.807, 2.05) is 0 Å². The lowest BCUT2D eigenvalue weighted by Crippen LogP contribution is -2.05. The molecule has 0 bridgehead atoms. The van der Waals surface area contributed by atoms with Gasteiger partial charge in [0.15, 0.2) is 0 Å². The van der Waals surface area contributed by atoms with Crippen LogP contribution in [0.4, 0.5) is 0 Å². The molecule has 3 heteroatoms. The van der Waals surface area contributed by atoms with Crippen LogP contribution in [0.25, 0.3) is 0 Å². The molecule has 1 heterocycles. The monoisotopic (exact) mass is 183 g/mol. The van der Waals surface area contributed by atoms with Crippen LogP contribution in [-0.4, -0.2) is 5.16 Å². The fourth-order valence-corrected chi connectivity index (χ4v) is 1.51. The van der Waals surface area contributed by atoms with Gasteiger partial charge in [-0.05, 0) is 5.92 Å². The fraction of sp³-hybridized carbons (Fsp3) is 0.700. The molecule has 0 saturated heterocycles. The molecule has 2 unspecified atom stereocenters. The molecular weight excluding hydrogens is 166 g/mol. The molecule has 13 heavy (non-hydrogen) atoms. The van der Waals surface area contributed by atoms with Crippen LogP contribution in [0.1, 0.15) is 45.3 Å². The number of nitrogens with one attached hydrogen (secondary N) is 1. The Bertz CT molecular complexity index is 300. The van der Waals surface area contributed by atoms with Crippen LogP contribution in [0.15, 0.2) is 15.4 Å². The average Bonchev–Trinajstić information content (AvgIpc) is 2.51. The Morgan fingerprint density at radius 1 is 1.54 bits per heavy atom. The molecule has 3 nitrogen and oxygen atoms in total. The predicted molar refractivity (Wildman–Crippen MR) is 51.8 cm³/mol. The maximum atomic E-state index is 10.8. The highest BCUT2D eigenvalue weighted by Crippen LogP contribution is 2.25. The van der Waals surface area contributed by atoms with Gasteiger partial charge in [0.1, 0.15) is 5.76 Å². The van der Waals surface area contributed by atoms with Gasteiger partial charge in [-0.2, -0.15) is 5.16 Å². The Morgan fingerprint density at radius 2 is 2.23 bits per heavy atom. The van der Waals surface area contributed by atoms with E-state index in [1.165, 1.54) is 12.5 Å². The van der Waals surface area contributed by atoms with Gasteiger partial charge in [-0.15, -0.1) is 0 Å². The minimum Gasteiger partial charge on any atom is -0.383 e. The van der Waals surface area contributed by atoms with Crippen LogP contribution in [0.2, 0.25) is 0 Å². The van der Waals surface area contributed by atoms with Crippen LogP contribution in [0.3, 0.4) is 0 Å². The summed E-state index contributed by atoms with van der Waals surface area (Å²) in [5, 5.41) is 2.32. The summed E-state index contributed by atoms with van der Waals surface area (Å²) >= 11 is 0. The van der Waals surface area contributed by atoms with E-state index < -0.39 is 0 Å². The quantitative estimate of drug-likeness (QED) is 0.779. The molecule has 0 spiro atoms. The van der Waals surface area contributed by atoms with Crippen LogP contribution < -0.4 is 5.56 Å². The van der Waals surface area contributed by atoms with Crippen LogP contribution >= 0.6 is 0 Å². The predicted octanol–water partition coefficient (Wildman–Crippen LogP) is 2.51. The zero-order valence-corrected chi connectivity index (χ0v) is 8.46. The number of H-pyrrole nitrogens is 1. The minimum atomic E-state index is -0.148. The first kappa shape index (κ1) is 10.1. The summed E-state index contributed by atoms with van der Waals surface area (Å²) in [6, 6.07) is 1.54. The first-order chi connectivity index (χ1) is 6.15. The molecule has 0 aromatic carbocycles. The lowest BCUT2D eigenvalue weighted by atomic mass is 9.90. The molecule has 0 amide bonds. The maximum absolute atomic E-state index is 10.8. The third-order valence-corrected chi connectivity index (χ3v) is 2.59. The standard InChI is InChI=1S/C10H17NO2/c1-4-5-7(2)8(3)9-6-10(12)11-13-9/h6-8H,4-5H2,1-3H3,(H,11,12). The Labute approximate surface area is 78.1 Å². The second-order valence-corrected chi connectivity index (χ2v) is 3.67. The molecule has 0 aliphatic heterocycles. The Morgan fingerprint density at radius 3 is 2.69 bits per heavy atom. The molecule has 2 atom stereocenters. The maximum Gasteiger partial charge on any atom is 0.280 e. The van der Waals surface area contributed by atoms with E-state index in [0.717, 1.165) is 12.2 Å². The van der Waals surface area contributed by atoms with Gasteiger partial charge in [0, 0.05) is 12.0 Å². The van der Waals surface area contributed by atoms with Crippen molar-refractivity contribution >= 4 is 0 Å². The smallest absolute Gasteiger partial charge is 0.280 e. The van der Waals surface area contributed by atoms with Gasteiger partial charge in [0.25, 0.3) is 5.56 Å².